The number of carbonyl (C=O) groups excluding carboxylic acids is 2. The summed E-state index contributed by atoms with van der Waals surface area (Å²) in [6, 6.07) is 3.79. The highest BCUT2D eigenvalue weighted by Crippen LogP contribution is 2.28. The highest BCUT2D eigenvalue weighted by atomic mass is 32.1. The Balaban J connectivity index is 1.85. The smallest absolute Gasteiger partial charge is 0.239 e. The molecule has 0 bridgehead atoms. The van der Waals surface area contributed by atoms with Gasteiger partial charge in [0, 0.05) is 11.4 Å². The van der Waals surface area contributed by atoms with Gasteiger partial charge in [0.15, 0.2) is 0 Å². The molecule has 2 atom stereocenters. The monoisotopic (exact) mass is 380 g/mol. The molecule has 1 aliphatic heterocycles. The molecule has 26 heavy (non-hydrogen) atoms. The first kappa shape index (κ1) is 20.9. The number of amides is 2. The van der Waals surface area contributed by atoms with Gasteiger partial charge < -0.3 is 16.4 Å². The van der Waals surface area contributed by atoms with E-state index in [1.54, 1.807) is 11.3 Å². The van der Waals surface area contributed by atoms with E-state index in [4.69, 9.17) is 5.73 Å². The van der Waals surface area contributed by atoms with Crippen molar-refractivity contribution in [2.45, 2.75) is 45.7 Å². The minimum Gasteiger partial charge on any atom is -0.353 e. The number of nitrogens with one attached hydrogen (secondary N) is 2. The van der Waals surface area contributed by atoms with E-state index in [1.165, 1.54) is 17.7 Å². The second-order valence-electron chi connectivity index (χ2n) is 7.54. The maximum absolute atomic E-state index is 12.2. The molecule has 2 amide bonds. The Labute approximate surface area is 160 Å². The van der Waals surface area contributed by atoms with Crippen LogP contribution < -0.4 is 16.4 Å². The first-order valence-electron chi connectivity index (χ1n) is 9.46. The number of carbonyl (C=O) groups is 2. The van der Waals surface area contributed by atoms with Gasteiger partial charge in [-0.2, -0.15) is 0 Å². The summed E-state index contributed by atoms with van der Waals surface area (Å²) in [5.74, 6) is 0.351. The van der Waals surface area contributed by atoms with Crippen LogP contribution >= 0.6 is 11.3 Å². The van der Waals surface area contributed by atoms with Gasteiger partial charge in [-0.25, -0.2) is 0 Å². The van der Waals surface area contributed by atoms with Gasteiger partial charge in [-0.3, -0.25) is 14.5 Å². The summed E-state index contributed by atoms with van der Waals surface area (Å²) in [6.45, 7) is 8.70. The van der Waals surface area contributed by atoms with Gasteiger partial charge in [0.1, 0.15) is 0 Å². The van der Waals surface area contributed by atoms with Crippen molar-refractivity contribution < 1.29 is 9.59 Å². The van der Waals surface area contributed by atoms with Crippen LogP contribution in [0, 0.1) is 11.8 Å². The molecule has 146 valence electrons. The van der Waals surface area contributed by atoms with Crippen LogP contribution in [-0.2, 0) is 9.59 Å². The van der Waals surface area contributed by atoms with E-state index in [2.05, 4.69) is 40.0 Å². The second-order valence-corrected chi connectivity index (χ2v) is 8.52. The lowest BCUT2D eigenvalue weighted by Crippen LogP contribution is -2.48. The summed E-state index contributed by atoms with van der Waals surface area (Å²) < 4.78 is 0. The van der Waals surface area contributed by atoms with Crippen LogP contribution in [0.1, 0.15) is 44.5 Å². The van der Waals surface area contributed by atoms with E-state index in [0.717, 1.165) is 19.0 Å². The third-order valence-electron chi connectivity index (χ3n) is 5.07. The van der Waals surface area contributed by atoms with Gasteiger partial charge in [0.25, 0.3) is 0 Å². The molecule has 6 nitrogen and oxygen atoms in total. The topological polar surface area (TPSA) is 87.5 Å². The average molecular weight is 381 g/mol. The van der Waals surface area contributed by atoms with Crippen molar-refractivity contribution in [2.75, 3.05) is 26.2 Å². The SMILES string of the molecule is CC1CCN(C(CNC(=O)CNC(=O)[C@@H](N)C(C)C)c2cccs2)CC1. The molecule has 0 aliphatic carbocycles. The van der Waals surface area contributed by atoms with E-state index >= 15 is 0 Å². The van der Waals surface area contributed by atoms with Crippen LogP contribution in [0.3, 0.4) is 0 Å². The number of likely N-dealkylation sites (tertiary alicyclic amines) is 1. The molecule has 2 rings (SSSR count). The average Bonchev–Trinajstić information content (AvgIpc) is 3.14. The van der Waals surface area contributed by atoms with Gasteiger partial charge in [-0.05, 0) is 49.2 Å². The molecule has 0 aromatic carbocycles. The van der Waals surface area contributed by atoms with Crippen molar-refractivity contribution >= 4 is 23.2 Å². The second kappa shape index (κ2) is 10.0. The van der Waals surface area contributed by atoms with Crippen LogP contribution in [0.25, 0.3) is 0 Å². The summed E-state index contributed by atoms with van der Waals surface area (Å²) in [6.07, 6.45) is 2.39. The van der Waals surface area contributed by atoms with Crippen molar-refractivity contribution in [3.8, 4) is 0 Å². The molecule has 7 heteroatoms. The van der Waals surface area contributed by atoms with E-state index in [1.807, 2.05) is 13.8 Å². The Bertz CT molecular complexity index is 568. The third-order valence-corrected chi connectivity index (χ3v) is 6.04. The maximum Gasteiger partial charge on any atom is 0.239 e. The zero-order valence-electron chi connectivity index (χ0n) is 16.0. The van der Waals surface area contributed by atoms with Gasteiger partial charge in [-0.15, -0.1) is 11.3 Å². The molecule has 4 N–H and O–H groups in total. The molecule has 1 fully saturated rings. The van der Waals surface area contributed by atoms with Crippen LogP contribution in [0.5, 0.6) is 0 Å². The maximum atomic E-state index is 12.2. The first-order valence-corrected chi connectivity index (χ1v) is 10.3. The van der Waals surface area contributed by atoms with Gasteiger partial charge in [0.05, 0.1) is 18.6 Å². The lowest BCUT2D eigenvalue weighted by Gasteiger charge is -2.36. The summed E-state index contributed by atoms with van der Waals surface area (Å²) in [7, 11) is 0. The number of nitrogens with zero attached hydrogens (tertiary/aromatic N) is 1. The van der Waals surface area contributed by atoms with Crippen LogP contribution in [-0.4, -0.2) is 48.9 Å². The fourth-order valence-electron chi connectivity index (χ4n) is 3.09. The van der Waals surface area contributed by atoms with Gasteiger partial charge in [0.2, 0.25) is 11.8 Å². The highest BCUT2D eigenvalue weighted by molar-refractivity contribution is 7.10. The van der Waals surface area contributed by atoms with Crippen LogP contribution in [0.2, 0.25) is 0 Å². The fourth-order valence-corrected chi connectivity index (χ4v) is 3.95. The number of hydrogen-bond acceptors (Lipinski definition) is 5. The van der Waals surface area contributed by atoms with Gasteiger partial charge in [-0.1, -0.05) is 26.8 Å². The highest BCUT2D eigenvalue weighted by Gasteiger charge is 2.26. The Morgan fingerprint density at radius 1 is 1.31 bits per heavy atom. The zero-order chi connectivity index (χ0) is 19.1. The van der Waals surface area contributed by atoms with Crippen molar-refractivity contribution in [2.24, 2.45) is 17.6 Å². The molecule has 1 aromatic rings. The summed E-state index contributed by atoms with van der Waals surface area (Å²) in [5, 5.41) is 7.67. The summed E-state index contributed by atoms with van der Waals surface area (Å²) in [5.41, 5.74) is 5.79. The quantitative estimate of drug-likeness (QED) is 0.641. The molecule has 2 heterocycles. The first-order chi connectivity index (χ1) is 12.4. The Morgan fingerprint density at radius 3 is 2.58 bits per heavy atom. The summed E-state index contributed by atoms with van der Waals surface area (Å²) >= 11 is 1.72. The summed E-state index contributed by atoms with van der Waals surface area (Å²) in [4.78, 5) is 27.8. The molecule has 1 aliphatic rings. The molecule has 0 radical (unpaired) electrons. The molecular formula is C19H32N4O2S. The molecule has 0 saturated carbocycles. The van der Waals surface area contributed by atoms with Crippen molar-refractivity contribution in [3.63, 3.8) is 0 Å². The standard InChI is InChI=1S/C19H32N4O2S/c1-13(2)18(20)19(25)22-12-17(24)21-11-15(16-5-4-10-26-16)23-8-6-14(3)7-9-23/h4-5,10,13-15,18H,6-9,11-12,20H2,1-3H3,(H,21,24)(H,22,25)/t15?,18-/m0/s1. The van der Waals surface area contributed by atoms with Gasteiger partial charge >= 0.3 is 0 Å². The number of rotatable bonds is 8. The predicted molar refractivity (Wildman–Crippen MR) is 106 cm³/mol. The van der Waals surface area contributed by atoms with Crippen LogP contribution in [0.4, 0.5) is 0 Å². The van der Waals surface area contributed by atoms with E-state index < -0.39 is 6.04 Å². The van der Waals surface area contributed by atoms with Crippen LogP contribution in [0.15, 0.2) is 17.5 Å². The minimum atomic E-state index is -0.586. The number of piperidine rings is 1. The molecule has 1 unspecified atom stereocenters. The fraction of sp³-hybridized carbons (Fsp3) is 0.684. The zero-order valence-corrected chi connectivity index (χ0v) is 16.8. The molecular weight excluding hydrogens is 348 g/mol. The Kier molecular flexibility index (Phi) is 8.06. The number of thiophene rings is 1. The third kappa shape index (κ3) is 6.07. The molecule has 1 saturated heterocycles. The number of nitrogens with two attached hydrogens (primary N) is 1. The molecule has 1 aromatic heterocycles. The Hall–Kier alpha value is -1.44. The normalized spacial score (nSPS) is 18.5. The van der Waals surface area contributed by atoms with Crippen molar-refractivity contribution in [1.29, 1.82) is 0 Å². The number of hydrogen-bond donors (Lipinski definition) is 3. The lowest BCUT2D eigenvalue weighted by molar-refractivity contribution is -0.127. The Morgan fingerprint density at radius 2 is 2.00 bits per heavy atom. The largest absolute Gasteiger partial charge is 0.353 e. The molecule has 0 spiro atoms. The van der Waals surface area contributed by atoms with Crippen molar-refractivity contribution in [3.05, 3.63) is 22.4 Å². The van der Waals surface area contributed by atoms with E-state index in [-0.39, 0.29) is 30.3 Å². The van der Waals surface area contributed by atoms with E-state index in [9.17, 15) is 9.59 Å². The van der Waals surface area contributed by atoms with E-state index in [0.29, 0.717) is 6.54 Å². The minimum absolute atomic E-state index is 0.0343. The predicted octanol–water partition coefficient (Wildman–Crippen LogP) is 1.74. The van der Waals surface area contributed by atoms with Crippen molar-refractivity contribution in [1.82, 2.24) is 15.5 Å². The lowest BCUT2D eigenvalue weighted by atomic mass is 9.97.